The summed E-state index contributed by atoms with van der Waals surface area (Å²) in [5, 5.41) is 8.96. The number of sulfone groups is 1. The molecule has 3 N–H and O–H groups in total. The number of fused-ring (bicyclic) bond motifs is 1. The molecule has 2 saturated heterocycles. The number of carbonyl (C=O) groups is 5. The Morgan fingerprint density at radius 3 is 2.15 bits per heavy atom. The highest BCUT2D eigenvalue weighted by Crippen LogP contribution is 2.52. The number of benzene rings is 3. The molecule has 364 valence electrons. The number of anilines is 1. The quantitative estimate of drug-likeness (QED) is 0.0711. The van der Waals surface area contributed by atoms with Crippen molar-refractivity contribution in [3.8, 4) is 0 Å². The number of hydrogen-bond acceptors (Lipinski definition) is 11. The van der Waals surface area contributed by atoms with Crippen molar-refractivity contribution in [1.29, 1.82) is 0 Å². The summed E-state index contributed by atoms with van der Waals surface area (Å²) >= 11 is 12.9. The highest BCUT2D eigenvalue weighted by Gasteiger charge is 2.53. The zero-order valence-corrected chi connectivity index (χ0v) is 41.2. The molecule has 3 aromatic rings. The molecule has 3 aromatic carbocycles. The zero-order valence-electron chi connectivity index (χ0n) is 38.9. The number of carbonyl (C=O) groups excluding carboxylic acids is 5. The van der Waals surface area contributed by atoms with Gasteiger partial charge in [-0.2, -0.15) is 0 Å². The second-order valence-corrected chi connectivity index (χ2v) is 21.8. The van der Waals surface area contributed by atoms with E-state index in [-0.39, 0.29) is 73.8 Å². The number of rotatable bonds is 23. The van der Waals surface area contributed by atoms with E-state index >= 15 is 4.79 Å². The monoisotopic (exact) mass is 983 g/mol. The van der Waals surface area contributed by atoms with Gasteiger partial charge < -0.3 is 34.6 Å². The van der Waals surface area contributed by atoms with E-state index in [9.17, 15) is 27.6 Å². The molecule has 0 bridgehead atoms. The van der Waals surface area contributed by atoms with Gasteiger partial charge in [-0.3, -0.25) is 29.3 Å². The summed E-state index contributed by atoms with van der Waals surface area (Å²) in [5.74, 6) is -2.42. The van der Waals surface area contributed by atoms with Crippen molar-refractivity contribution < 1.29 is 46.6 Å². The molecule has 3 heterocycles. The Labute approximate surface area is 403 Å². The van der Waals surface area contributed by atoms with Crippen LogP contribution in [0.3, 0.4) is 0 Å². The van der Waals surface area contributed by atoms with Crippen LogP contribution in [0.2, 0.25) is 10.0 Å². The van der Waals surface area contributed by atoms with Crippen molar-refractivity contribution in [2.75, 3.05) is 63.8 Å². The van der Waals surface area contributed by atoms with Crippen molar-refractivity contribution in [3.05, 3.63) is 99.0 Å². The Morgan fingerprint density at radius 1 is 0.851 bits per heavy atom. The van der Waals surface area contributed by atoms with Gasteiger partial charge in [0.05, 0.1) is 62.1 Å². The van der Waals surface area contributed by atoms with Gasteiger partial charge in [0, 0.05) is 71.3 Å². The Bertz CT molecular complexity index is 2370. The Hall–Kier alpha value is -4.58. The number of imide groups is 1. The van der Waals surface area contributed by atoms with E-state index < -0.39 is 44.5 Å². The maximum Gasteiger partial charge on any atom is 0.255 e. The molecule has 3 aliphatic heterocycles. The largest absolute Gasteiger partial charge is 0.382 e. The lowest BCUT2D eigenvalue weighted by atomic mass is 9.66. The Balaban J connectivity index is 0.956. The standard InChI is InChI=1S/C49H63Cl2N5O10S/c1-31(2)42(30-67(62,63)32(3)4)56-45(33-12-14-35(50)15-13-33)38(34-8-6-9-36(51)26-34)27-49(5,48(56)61)28-44(58)53-19-21-65-23-25-66-24-22-64-20-18-52-40-11-7-10-37-39(40)29-55(47(37)60)41-16-17-43(57)54-46(41)59/h6-15,26,31-32,38,41-42,45,52H,16-25,27-30H2,1-5H3,(H,53,58)(H,54,57,59)/t38-,41?,42-,45-,49-/m1/s1. The van der Waals surface area contributed by atoms with Gasteiger partial charge in [-0.05, 0) is 80.1 Å². The number of piperidine rings is 2. The third kappa shape index (κ3) is 12.9. The highest BCUT2D eigenvalue weighted by molar-refractivity contribution is 7.92. The summed E-state index contributed by atoms with van der Waals surface area (Å²) in [6.45, 7) is 11.8. The fourth-order valence-electron chi connectivity index (χ4n) is 9.17. The highest BCUT2D eigenvalue weighted by atomic mass is 35.5. The maximum absolute atomic E-state index is 15.1. The number of hydrogen-bond donors (Lipinski definition) is 3. The summed E-state index contributed by atoms with van der Waals surface area (Å²) in [7, 11) is -3.59. The fraction of sp³-hybridized carbons (Fsp3) is 0.531. The van der Waals surface area contributed by atoms with Crippen LogP contribution in [0.1, 0.15) is 99.3 Å². The number of ether oxygens (including phenoxy) is 3. The van der Waals surface area contributed by atoms with Crippen LogP contribution < -0.4 is 16.0 Å². The summed E-state index contributed by atoms with van der Waals surface area (Å²) in [4.78, 5) is 69.1. The van der Waals surface area contributed by atoms with Gasteiger partial charge in [-0.1, -0.05) is 74.3 Å². The molecule has 6 rings (SSSR count). The first-order valence-electron chi connectivity index (χ1n) is 23.0. The van der Waals surface area contributed by atoms with Crippen LogP contribution in [0.4, 0.5) is 5.69 Å². The van der Waals surface area contributed by atoms with E-state index in [1.54, 1.807) is 56.0 Å². The number of amides is 5. The number of halogens is 2. The Kier molecular flexibility index (Phi) is 17.9. The molecule has 0 aliphatic carbocycles. The second kappa shape index (κ2) is 23.1. The van der Waals surface area contributed by atoms with Crippen molar-refractivity contribution in [2.45, 2.75) is 96.1 Å². The minimum Gasteiger partial charge on any atom is -0.382 e. The van der Waals surface area contributed by atoms with Crippen LogP contribution >= 0.6 is 23.2 Å². The number of nitrogens with zero attached hydrogens (tertiary/aromatic N) is 2. The predicted octanol–water partition coefficient (Wildman–Crippen LogP) is 6.33. The van der Waals surface area contributed by atoms with Crippen molar-refractivity contribution in [1.82, 2.24) is 20.4 Å². The van der Waals surface area contributed by atoms with E-state index in [0.29, 0.717) is 68.0 Å². The molecule has 67 heavy (non-hydrogen) atoms. The molecule has 1 unspecified atom stereocenters. The first-order valence-corrected chi connectivity index (χ1v) is 25.4. The molecular formula is C49H63Cl2N5O10S. The molecule has 15 nitrogen and oxygen atoms in total. The topological polar surface area (TPSA) is 190 Å². The molecule has 3 aliphatic rings. The smallest absolute Gasteiger partial charge is 0.255 e. The maximum atomic E-state index is 15.1. The molecule has 18 heteroatoms. The first kappa shape index (κ1) is 51.8. The lowest BCUT2D eigenvalue weighted by Crippen LogP contribution is -2.59. The van der Waals surface area contributed by atoms with Gasteiger partial charge in [0.25, 0.3) is 5.91 Å². The molecular weight excluding hydrogens is 922 g/mol. The van der Waals surface area contributed by atoms with Gasteiger partial charge >= 0.3 is 0 Å². The minimum absolute atomic E-state index is 0.122. The van der Waals surface area contributed by atoms with Gasteiger partial charge in [0.1, 0.15) is 6.04 Å². The molecule has 0 spiro atoms. The van der Waals surface area contributed by atoms with Gasteiger partial charge in [0.15, 0.2) is 9.84 Å². The Morgan fingerprint density at radius 2 is 1.51 bits per heavy atom. The van der Waals surface area contributed by atoms with E-state index in [1.807, 2.05) is 50.2 Å². The molecule has 2 fully saturated rings. The second-order valence-electron chi connectivity index (χ2n) is 18.3. The van der Waals surface area contributed by atoms with Crippen LogP contribution in [0.15, 0.2) is 66.7 Å². The van der Waals surface area contributed by atoms with E-state index in [1.165, 1.54) is 4.90 Å². The number of nitrogens with one attached hydrogen (secondary N) is 3. The van der Waals surface area contributed by atoms with Gasteiger partial charge in [-0.25, -0.2) is 8.42 Å². The summed E-state index contributed by atoms with van der Waals surface area (Å²) in [5.41, 5.74) is 2.62. The van der Waals surface area contributed by atoms with E-state index in [4.69, 9.17) is 37.4 Å². The summed E-state index contributed by atoms with van der Waals surface area (Å²) in [6.07, 6.45) is 0.686. The normalized spacial score (nSPS) is 21.5. The summed E-state index contributed by atoms with van der Waals surface area (Å²) < 4.78 is 44.2. The van der Waals surface area contributed by atoms with Crippen molar-refractivity contribution in [2.24, 2.45) is 11.3 Å². The van der Waals surface area contributed by atoms with Gasteiger partial charge in [-0.15, -0.1) is 0 Å². The lowest BCUT2D eigenvalue weighted by molar-refractivity contribution is -0.158. The average Bonchev–Trinajstić information content (AvgIpc) is 3.61. The van der Waals surface area contributed by atoms with Crippen LogP contribution in [0, 0.1) is 11.3 Å². The van der Waals surface area contributed by atoms with Crippen LogP contribution in [-0.2, 0) is 49.8 Å². The van der Waals surface area contributed by atoms with E-state index in [0.717, 1.165) is 22.4 Å². The molecule has 0 radical (unpaired) electrons. The minimum atomic E-state index is -3.59. The van der Waals surface area contributed by atoms with Crippen molar-refractivity contribution >= 4 is 68.3 Å². The zero-order chi connectivity index (χ0) is 48.5. The van der Waals surface area contributed by atoms with Crippen LogP contribution in [0.5, 0.6) is 0 Å². The van der Waals surface area contributed by atoms with E-state index in [2.05, 4.69) is 16.0 Å². The third-order valence-corrected chi connectivity index (χ3v) is 15.6. The van der Waals surface area contributed by atoms with Crippen LogP contribution in [0.25, 0.3) is 0 Å². The molecule has 0 saturated carbocycles. The molecule has 0 aromatic heterocycles. The lowest BCUT2D eigenvalue weighted by Gasteiger charge is -2.53. The third-order valence-electron chi connectivity index (χ3n) is 12.8. The SMILES string of the molecule is CC(C)[C@@H](CS(=O)(=O)C(C)C)N1C(=O)[C@@](C)(CC(=O)NCCOCCOCCOCCNc2cccc3c2CN(C2CCC(=O)NC2=O)C3=O)C[C@H](c2cccc(Cl)c2)[C@H]1c1ccc(Cl)cc1. The molecule has 5 atom stereocenters. The number of likely N-dealkylation sites (tertiary alicyclic amines) is 1. The van der Waals surface area contributed by atoms with Crippen molar-refractivity contribution in [3.63, 3.8) is 0 Å². The van der Waals surface area contributed by atoms with Crippen LogP contribution in [-0.4, -0.2) is 124 Å². The first-order chi connectivity index (χ1) is 31.9. The molecule has 5 amide bonds. The fourth-order valence-corrected chi connectivity index (χ4v) is 10.9. The average molecular weight is 985 g/mol. The van der Waals surface area contributed by atoms with Gasteiger partial charge in [0.2, 0.25) is 23.6 Å². The predicted molar refractivity (Wildman–Crippen MR) is 257 cm³/mol. The summed E-state index contributed by atoms with van der Waals surface area (Å²) in [6, 6.07) is 18.2.